The van der Waals surface area contributed by atoms with Gasteiger partial charge in [0.2, 0.25) is 5.91 Å². The maximum atomic E-state index is 12.7. The zero-order valence-electron chi connectivity index (χ0n) is 15.9. The number of amides is 1. The molecule has 1 aromatic heterocycles. The predicted molar refractivity (Wildman–Crippen MR) is 113 cm³/mol. The van der Waals surface area contributed by atoms with E-state index >= 15 is 0 Å². The van der Waals surface area contributed by atoms with Gasteiger partial charge in [0, 0.05) is 50.1 Å². The fourth-order valence-electron chi connectivity index (χ4n) is 3.09. The Labute approximate surface area is 177 Å². The fraction of sp³-hybridized carbons (Fsp3) is 0.400. The number of aromatic nitrogens is 1. The number of hydrogen-bond donors (Lipinski definition) is 1. The first kappa shape index (κ1) is 22.4. The minimum absolute atomic E-state index is 0. The SMILES string of the molecule is CN(CCOc1ccc(Cl)cc1)C(=O)CN1CCNCC1c1cccnc1.Cl. The lowest BCUT2D eigenvalue weighted by Crippen LogP contribution is -2.50. The number of nitrogens with one attached hydrogen (secondary N) is 1. The monoisotopic (exact) mass is 424 g/mol. The zero-order valence-corrected chi connectivity index (χ0v) is 17.5. The largest absolute Gasteiger partial charge is 0.492 e. The van der Waals surface area contributed by atoms with Crippen LogP contribution in [0.25, 0.3) is 0 Å². The number of carbonyl (C=O) groups excluding carboxylic acids is 1. The summed E-state index contributed by atoms with van der Waals surface area (Å²) in [5.41, 5.74) is 1.13. The van der Waals surface area contributed by atoms with Gasteiger partial charge in [-0.25, -0.2) is 0 Å². The van der Waals surface area contributed by atoms with E-state index in [-0.39, 0.29) is 24.4 Å². The molecule has 1 aromatic carbocycles. The molecule has 1 atom stereocenters. The molecule has 8 heteroatoms. The Morgan fingerprint density at radius 2 is 2.14 bits per heavy atom. The van der Waals surface area contributed by atoms with Crippen molar-refractivity contribution in [2.75, 3.05) is 46.4 Å². The average molecular weight is 425 g/mol. The number of carbonyl (C=O) groups is 1. The summed E-state index contributed by atoms with van der Waals surface area (Å²) in [5.74, 6) is 0.837. The maximum Gasteiger partial charge on any atom is 0.236 e. The molecule has 3 rings (SSSR count). The smallest absolute Gasteiger partial charge is 0.236 e. The van der Waals surface area contributed by atoms with Gasteiger partial charge in [0.15, 0.2) is 0 Å². The van der Waals surface area contributed by atoms with E-state index in [1.807, 2.05) is 31.4 Å². The second-order valence-corrected chi connectivity index (χ2v) is 7.03. The number of benzene rings is 1. The van der Waals surface area contributed by atoms with E-state index in [2.05, 4.69) is 21.3 Å². The van der Waals surface area contributed by atoms with Gasteiger partial charge in [-0.3, -0.25) is 14.7 Å². The molecule has 1 N–H and O–H groups in total. The maximum absolute atomic E-state index is 12.7. The van der Waals surface area contributed by atoms with Crippen LogP contribution in [0.5, 0.6) is 5.75 Å². The van der Waals surface area contributed by atoms with Crippen LogP contribution in [0.15, 0.2) is 48.8 Å². The van der Waals surface area contributed by atoms with E-state index in [0.29, 0.717) is 24.7 Å². The van der Waals surface area contributed by atoms with Gasteiger partial charge in [-0.1, -0.05) is 17.7 Å². The Kier molecular flexibility index (Phi) is 8.99. The minimum atomic E-state index is 0. The molecular formula is C20H26Cl2N4O2. The molecule has 0 radical (unpaired) electrons. The first-order chi connectivity index (χ1) is 13.1. The Hall–Kier alpha value is -1.86. The number of nitrogens with zero attached hydrogens (tertiary/aromatic N) is 3. The Morgan fingerprint density at radius 3 is 2.86 bits per heavy atom. The number of hydrogen-bond acceptors (Lipinski definition) is 5. The van der Waals surface area contributed by atoms with Crippen LogP contribution in [0.1, 0.15) is 11.6 Å². The summed E-state index contributed by atoms with van der Waals surface area (Å²) in [4.78, 5) is 20.8. The lowest BCUT2D eigenvalue weighted by molar-refractivity contribution is -0.132. The van der Waals surface area contributed by atoms with Crippen molar-refractivity contribution in [2.45, 2.75) is 6.04 Å². The third-order valence-electron chi connectivity index (χ3n) is 4.70. The quantitative estimate of drug-likeness (QED) is 0.739. The van der Waals surface area contributed by atoms with E-state index in [9.17, 15) is 4.79 Å². The molecule has 2 aromatic rings. The Morgan fingerprint density at radius 1 is 1.36 bits per heavy atom. The van der Waals surface area contributed by atoms with Crippen LogP contribution in [-0.2, 0) is 4.79 Å². The summed E-state index contributed by atoms with van der Waals surface area (Å²) < 4.78 is 5.68. The van der Waals surface area contributed by atoms with Gasteiger partial charge in [-0.2, -0.15) is 0 Å². The highest BCUT2D eigenvalue weighted by atomic mass is 35.5. The number of likely N-dealkylation sites (N-methyl/N-ethyl adjacent to an activating group) is 1. The third kappa shape index (κ3) is 6.34. The summed E-state index contributed by atoms with van der Waals surface area (Å²) in [6, 6.07) is 11.4. The number of ether oxygens (including phenoxy) is 1. The van der Waals surface area contributed by atoms with E-state index in [1.54, 1.807) is 23.2 Å². The first-order valence-electron chi connectivity index (χ1n) is 9.10. The van der Waals surface area contributed by atoms with Gasteiger partial charge in [-0.05, 0) is 35.9 Å². The van der Waals surface area contributed by atoms with E-state index in [0.717, 1.165) is 30.9 Å². The van der Waals surface area contributed by atoms with Crippen LogP contribution in [0.3, 0.4) is 0 Å². The Balaban J connectivity index is 0.00000280. The summed E-state index contributed by atoms with van der Waals surface area (Å²) in [6.45, 7) is 3.90. The molecule has 1 fully saturated rings. The lowest BCUT2D eigenvalue weighted by atomic mass is 10.1. The molecule has 0 bridgehead atoms. The molecule has 28 heavy (non-hydrogen) atoms. The molecule has 1 unspecified atom stereocenters. The predicted octanol–water partition coefficient (Wildman–Crippen LogP) is 2.64. The van der Waals surface area contributed by atoms with Crippen molar-refractivity contribution in [2.24, 2.45) is 0 Å². The van der Waals surface area contributed by atoms with Gasteiger partial charge < -0.3 is 15.0 Å². The van der Waals surface area contributed by atoms with Gasteiger partial charge in [0.1, 0.15) is 12.4 Å². The van der Waals surface area contributed by atoms with Crippen LogP contribution >= 0.6 is 24.0 Å². The summed E-state index contributed by atoms with van der Waals surface area (Å²) in [5, 5.41) is 4.07. The molecule has 1 aliphatic heterocycles. The number of halogens is 2. The highest BCUT2D eigenvalue weighted by Gasteiger charge is 2.26. The van der Waals surface area contributed by atoms with Crippen molar-refractivity contribution in [1.82, 2.24) is 20.1 Å². The summed E-state index contributed by atoms with van der Waals surface area (Å²) in [7, 11) is 1.81. The van der Waals surface area contributed by atoms with Crippen LogP contribution in [0.2, 0.25) is 5.02 Å². The normalized spacial score (nSPS) is 16.9. The first-order valence-corrected chi connectivity index (χ1v) is 9.48. The van der Waals surface area contributed by atoms with Gasteiger partial charge in [-0.15, -0.1) is 12.4 Å². The summed E-state index contributed by atoms with van der Waals surface area (Å²) in [6.07, 6.45) is 3.64. The van der Waals surface area contributed by atoms with E-state index in [4.69, 9.17) is 16.3 Å². The molecule has 1 amide bonds. The van der Waals surface area contributed by atoms with Crippen LogP contribution in [0, 0.1) is 0 Å². The van der Waals surface area contributed by atoms with E-state index in [1.165, 1.54) is 0 Å². The molecule has 2 heterocycles. The number of pyridine rings is 1. The van der Waals surface area contributed by atoms with Gasteiger partial charge >= 0.3 is 0 Å². The topological polar surface area (TPSA) is 57.7 Å². The minimum Gasteiger partial charge on any atom is -0.492 e. The molecule has 1 aliphatic rings. The molecule has 0 aliphatic carbocycles. The van der Waals surface area contributed by atoms with Crippen LogP contribution in [0.4, 0.5) is 0 Å². The van der Waals surface area contributed by atoms with Crippen LogP contribution in [-0.4, -0.2) is 67.1 Å². The van der Waals surface area contributed by atoms with Crippen molar-refractivity contribution in [3.05, 3.63) is 59.4 Å². The second-order valence-electron chi connectivity index (χ2n) is 6.59. The standard InChI is InChI=1S/C20H25ClN4O2.ClH/c1-24(11-12-27-18-6-4-17(21)5-7-18)20(26)15-25-10-9-23-14-19(25)16-3-2-8-22-13-16;/h2-8,13,19,23H,9-12,14-15H2,1H3;1H. The van der Waals surface area contributed by atoms with E-state index < -0.39 is 0 Å². The van der Waals surface area contributed by atoms with Crippen molar-refractivity contribution in [3.63, 3.8) is 0 Å². The average Bonchev–Trinajstić information content (AvgIpc) is 2.70. The fourth-order valence-corrected chi connectivity index (χ4v) is 3.21. The molecule has 1 saturated heterocycles. The van der Waals surface area contributed by atoms with Crippen molar-refractivity contribution in [1.29, 1.82) is 0 Å². The summed E-state index contributed by atoms with van der Waals surface area (Å²) >= 11 is 5.86. The molecule has 152 valence electrons. The van der Waals surface area contributed by atoms with Crippen LogP contribution < -0.4 is 10.1 Å². The lowest BCUT2D eigenvalue weighted by Gasteiger charge is -2.36. The van der Waals surface area contributed by atoms with Crippen molar-refractivity contribution in [3.8, 4) is 5.75 Å². The Bertz CT molecular complexity index is 731. The highest BCUT2D eigenvalue weighted by molar-refractivity contribution is 6.30. The number of piperazine rings is 1. The molecule has 0 spiro atoms. The molecule has 6 nitrogen and oxygen atoms in total. The second kappa shape index (κ2) is 11.2. The molecular weight excluding hydrogens is 399 g/mol. The van der Waals surface area contributed by atoms with Crippen molar-refractivity contribution < 1.29 is 9.53 Å². The van der Waals surface area contributed by atoms with Gasteiger partial charge in [0.05, 0.1) is 13.1 Å². The molecule has 0 saturated carbocycles. The highest BCUT2D eigenvalue weighted by Crippen LogP contribution is 2.21. The van der Waals surface area contributed by atoms with Crippen molar-refractivity contribution >= 4 is 29.9 Å². The van der Waals surface area contributed by atoms with Gasteiger partial charge in [0.25, 0.3) is 0 Å². The third-order valence-corrected chi connectivity index (χ3v) is 4.95. The zero-order chi connectivity index (χ0) is 19.1. The number of rotatable bonds is 7.